The molecule has 1 aromatic carbocycles. The number of rotatable bonds is 3. The Morgan fingerprint density at radius 2 is 2.00 bits per heavy atom. The Morgan fingerprint density at radius 3 is 2.58 bits per heavy atom. The van der Waals surface area contributed by atoms with Crippen molar-refractivity contribution in [2.75, 3.05) is 0 Å². The van der Waals surface area contributed by atoms with Gasteiger partial charge in [0, 0.05) is 19.2 Å². The summed E-state index contributed by atoms with van der Waals surface area (Å²) in [6.45, 7) is 3.50. The van der Waals surface area contributed by atoms with Crippen molar-refractivity contribution in [3.05, 3.63) is 52.3 Å². The first-order valence-electron chi connectivity index (χ1n) is 5.88. The second-order valence-electron chi connectivity index (χ2n) is 4.48. The zero-order valence-electron chi connectivity index (χ0n) is 11.0. The number of benzene rings is 1. The summed E-state index contributed by atoms with van der Waals surface area (Å²) in [4.78, 5) is 12.2. The minimum Gasteiger partial charge on any atom is -0.294 e. The van der Waals surface area contributed by atoms with Crippen LogP contribution in [0.4, 0.5) is 8.78 Å². The third kappa shape index (κ3) is 2.41. The summed E-state index contributed by atoms with van der Waals surface area (Å²) in [5.74, 6) is -2.16. The van der Waals surface area contributed by atoms with Crippen LogP contribution in [-0.2, 0) is 13.5 Å². The Morgan fingerprint density at radius 1 is 1.32 bits per heavy atom. The molecule has 0 unspecified atom stereocenters. The molecular formula is C14H14F2N2O. The number of halogens is 2. The van der Waals surface area contributed by atoms with Gasteiger partial charge in [-0.05, 0) is 25.5 Å². The van der Waals surface area contributed by atoms with Crippen molar-refractivity contribution in [1.29, 1.82) is 0 Å². The number of nitrogens with zero attached hydrogens (tertiary/aromatic N) is 2. The van der Waals surface area contributed by atoms with E-state index in [0.717, 1.165) is 11.8 Å². The number of aromatic nitrogens is 2. The molecule has 0 radical (unpaired) electrons. The number of hydrogen-bond donors (Lipinski definition) is 0. The summed E-state index contributed by atoms with van der Waals surface area (Å²) in [6.07, 6.45) is -0.170. The third-order valence-electron chi connectivity index (χ3n) is 3.17. The number of hydrogen-bond acceptors (Lipinski definition) is 2. The van der Waals surface area contributed by atoms with E-state index in [-0.39, 0.29) is 17.8 Å². The van der Waals surface area contributed by atoms with Gasteiger partial charge in [-0.3, -0.25) is 9.48 Å². The van der Waals surface area contributed by atoms with Crippen LogP contribution in [0.5, 0.6) is 0 Å². The van der Waals surface area contributed by atoms with Crippen LogP contribution in [0, 0.1) is 25.5 Å². The highest BCUT2D eigenvalue weighted by molar-refractivity contribution is 5.99. The highest BCUT2D eigenvalue weighted by Gasteiger charge is 2.19. The van der Waals surface area contributed by atoms with E-state index < -0.39 is 11.6 Å². The van der Waals surface area contributed by atoms with Gasteiger partial charge in [0.2, 0.25) is 0 Å². The van der Waals surface area contributed by atoms with Crippen molar-refractivity contribution < 1.29 is 13.6 Å². The molecule has 1 heterocycles. The molecule has 0 amide bonds. The van der Waals surface area contributed by atoms with Gasteiger partial charge in [0.05, 0.1) is 11.3 Å². The first kappa shape index (κ1) is 13.4. The third-order valence-corrected chi connectivity index (χ3v) is 3.17. The second kappa shape index (κ2) is 4.91. The fourth-order valence-corrected chi connectivity index (χ4v) is 2.12. The van der Waals surface area contributed by atoms with Gasteiger partial charge in [0.15, 0.2) is 17.4 Å². The number of carbonyl (C=O) groups excluding carboxylic acids is 1. The van der Waals surface area contributed by atoms with Crippen molar-refractivity contribution in [2.45, 2.75) is 20.3 Å². The van der Waals surface area contributed by atoms with Gasteiger partial charge in [0.25, 0.3) is 0 Å². The Labute approximate surface area is 109 Å². The van der Waals surface area contributed by atoms with Gasteiger partial charge in [0.1, 0.15) is 0 Å². The Bertz CT molecular complexity index is 647. The predicted octanol–water partition coefficient (Wildman–Crippen LogP) is 2.74. The van der Waals surface area contributed by atoms with Gasteiger partial charge in [-0.1, -0.05) is 12.1 Å². The zero-order chi connectivity index (χ0) is 14.2. The van der Waals surface area contributed by atoms with Crippen LogP contribution in [0.15, 0.2) is 18.2 Å². The lowest BCUT2D eigenvalue weighted by Gasteiger charge is -2.04. The lowest BCUT2D eigenvalue weighted by molar-refractivity contribution is 0.0990. The van der Waals surface area contributed by atoms with Crippen molar-refractivity contribution in [3.63, 3.8) is 0 Å². The summed E-state index contributed by atoms with van der Waals surface area (Å²) in [6, 6.07) is 3.84. The van der Waals surface area contributed by atoms with Crippen LogP contribution in [-0.4, -0.2) is 15.6 Å². The second-order valence-corrected chi connectivity index (χ2v) is 4.48. The molecule has 0 aliphatic carbocycles. The standard InChI is InChI=1S/C14H14F2N2O/c1-8-13(9(2)18(3)17-8)12(19)7-10-5-4-6-11(15)14(10)16/h4-6H,7H2,1-3H3. The maximum atomic E-state index is 13.5. The Kier molecular flexibility index (Phi) is 3.46. The maximum absolute atomic E-state index is 13.5. The molecule has 0 saturated heterocycles. The van der Waals surface area contributed by atoms with Crippen LogP contribution >= 0.6 is 0 Å². The molecule has 0 spiro atoms. The van der Waals surface area contributed by atoms with Gasteiger partial charge < -0.3 is 0 Å². The molecule has 0 N–H and O–H groups in total. The quantitative estimate of drug-likeness (QED) is 0.799. The average molecular weight is 264 g/mol. The van der Waals surface area contributed by atoms with Crippen molar-refractivity contribution in [3.8, 4) is 0 Å². The fraction of sp³-hybridized carbons (Fsp3) is 0.286. The molecule has 2 rings (SSSR count). The minimum absolute atomic E-state index is 0.0626. The highest BCUT2D eigenvalue weighted by Crippen LogP contribution is 2.18. The number of carbonyl (C=O) groups is 1. The van der Waals surface area contributed by atoms with Crippen LogP contribution in [0.1, 0.15) is 27.3 Å². The normalized spacial score (nSPS) is 10.8. The lowest BCUT2D eigenvalue weighted by Crippen LogP contribution is -2.08. The van der Waals surface area contributed by atoms with E-state index in [4.69, 9.17) is 0 Å². The monoisotopic (exact) mass is 264 g/mol. The molecule has 3 nitrogen and oxygen atoms in total. The molecule has 0 aliphatic rings. The van der Waals surface area contributed by atoms with E-state index >= 15 is 0 Å². The van der Waals surface area contributed by atoms with E-state index in [0.29, 0.717) is 11.3 Å². The lowest BCUT2D eigenvalue weighted by atomic mass is 10.0. The largest absolute Gasteiger partial charge is 0.294 e. The first-order valence-corrected chi connectivity index (χ1v) is 5.88. The predicted molar refractivity (Wildman–Crippen MR) is 67.1 cm³/mol. The highest BCUT2D eigenvalue weighted by atomic mass is 19.2. The van der Waals surface area contributed by atoms with Crippen molar-refractivity contribution in [2.24, 2.45) is 7.05 Å². The molecule has 19 heavy (non-hydrogen) atoms. The summed E-state index contributed by atoms with van der Waals surface area (Å²) in [7, 11) is 1.74. The van der Waals surface area contributed by atoms with Crippen molar-refractivity contribution >= 4 is 5.78 Å². The molecule has 0 fully saturated rings. The molecule has 2 aromatic rings. The number of Topliss-reactive ketones (excluding diaryl/α,β-unsaturated/α-hetero) is 1. The van der Waals surface area contributed by atoms with E-state index in [1.807, 2.05) is 0 Å². The first-order chi connectivity index (χ1) is 8.91. The topological polar surface area (TPSA) is 34.9 Å². The van der Waals surface area contributed by atoms with E-state index in [1.54, 1.807) is 25.6 Å². The van der Waals surface area contributed by atoms with Gasteiger partial charge in [-0.2, -0.15) is 5.10 Å². The summed E-state index contributed by atoms with van der Waals surface area (Å²) in [5, 5.41) is 4.14. The molecule has 0 bridgehead atoms. The molecule has 5 heteroatoms. The van der Waals surface area contributed by atoms with Crippen molar-refractivity contribution in [1.82, 2.24) is 9.78 Å². The number of aryl methyl sites for hydroxylation is 2. The summed E-state index contributed by atoms with van der Waals surface area (Å²) in [5.41, 5.74) is 1.86. The van der Waals surface area contributed by atoms with Crippen LogP contribution in [0.3, 0.4) is 0 Å². The zero-order valence-corrected chi connectivity index (χ0v) is 11.0. The Hall–Kier alpha value is -2.04. The molecular weight excluding hydrogens is 250 g/mol. The average Bonchev–Trinajstić information content (AvgIpc) is 2.59. The molecule has 0 saturated carbocycles. The minimum atomic E-state index is -0.963. The van der Waals surface area contributed by atoms with E-state index in [1.165, 1.54) is 12.1 Å². The van der Waals surface area contributed by atoms with Crippen LogP contribution in [0.2, 0.25) is 0 Å². The van der Waals surface area contributed by atoms with Crippen LogP contribution in [0.25, 0.3) is 0 Å². The smallest absolute Gasteiger partial charge is 0.171 e. The fourth-order valence-electron chi connectivity index (χ4n) is 2.12. The van der Waals surface area contributed by atoms with Gasteiger partial charge >= 0.3 is 0 Å². The summed E-state index contributed by atoms with van der Waals surface area (Å²) < 4.78 is 28.2. The van der Waals surface area contributed by atoms with E-state index in [2.05, 4.69) is 5.10 Å². The molecule has 100 valence electrons. The van der Waals surface area contributed by atoms with E-state index in [9.17, 15) is 13.6 Å². The van der Waals surface area contributed by atoms with Crippen LogP contribution < -0.4 is 0 Å². The Balaban J connectivity index is 2.34. The molecule has 1 aromatic heterocycles. The number of ketones is 1. The van der Waals surface area contributed by atoms with Gasteiger partial charge in [-0.15, -0.1) is 0 Å². The molecule has 0 aliphatic heterocycles. The summed E-state index contributed by atoms with van der Waals surface area (Å²) >= 11 is 0. The maximum Gasteiger partial charge on any atom is 0.171 e. The SMILES string of the molecule is Cc1nn(C)c(C)c1C(=O)Cc1cccc(F)c1F. The van der Waals surface area contributed by atoms with Gasteiger partial charge in [-0.25, -0.2) is 8.78 Å². The molecule has 0 atom stereocenters.